The largest absolute Gasteiger partial charge is 2.00 e. The van der Waals surface area contributed by atoms with Crippen molar-refractivity contribution >= 4 is 73.7 Å². The minimum Gasteiger partial charge on any atom is -0.506 e. The summed E-state index contributed by atoms with van der Waals surface area (Å²) >= 11 is 28.2. The minimum absolute atomic E-state index is 0. The molecule has 2 rings (SSSR count). The van der Waals surface area contributed by atoms with E-state index in [1.165, 1.54) is 14.2 Å². The van der Waals surface area contributed by atoms with Gasteiger partial charge >= 0.3 is 16.5 Å². The maximum absolute atomic E-state index is 5.78. The molecule has 0 saturated carbocycles. The summed E-state index contributed by atoms with van der Waals surface area (Å²) in [6.45, 7) is 0.484. The summed E-state index contributed by atoms with van der Waals surface area (Å²) in [5.41, 5.74) is 0.734. The Morgan fingerprint density at radius 3 is 1.26 bits per heavy atom. The molecule has 2 atom stereocenters. The molecule has 0 saturated heterocycles. The van der Waals surface area contributed by atoms with Crippen molar-refractivity contribution in [2.45, 2.75) is 11.1 Å². The van der Waals surface area contributed by atoms with E-state index >= 15 is 0 Å². The average molecular weight is 646 g/mol. The fraction of sp³-hybridized carbons (Fsp3) is 0.364. The SMILES string of the molecule is COc1cc([C-](S)S)ccc1OCC(Cl)OC.COc1cc([C-](S)S)ccc1OCC(Cl)OC.[Ni+2]. The number of ether oxygens (including phenoxy) is 6. The Bertz CT molecular complexity index is 797. The first kappa shape index (κ1) is 34.8. The molecule has 0 amide bonds. The van der Waals surface area contributed by atoms with E-state index in [9.17, 15) is 0 Å². The zero-order valence-corrected chi connectivity index (χ0v) is 25.4. The van der Waals surface area contributed by atoms with Gasteiger partial charge in [-0.1, -0.05) is 44.5 Å². The van der Waals surface area contributed by atoms with Crippen molar-refractivity contribution < 1.29 is 44.9 Å². The van der Waals surface area contributed by atoms with Crippen LogP contribution < -0.4 is 18.9 Å². The van der Waals surface area contributed by atoms with Gasteiger partial charge in [0, 0.05) is 14.2 Å². The second-order valence-electron chi connectivity index (χ2n) is 6.29. The van der Waals surface area contributed by atoms with Crippen molar-refractivity contribution in [2.24, 2.45) is 0 Å². The fourth-order valence-electron chi connectivity index (χ4n) is 2.30. The summed E-state index contributed by atoms with van der Waals surface area (Å²) < 4.78 is 32.4. The smallest absolute Gasteiger partial charge is 0.506 e. The van der Waals surface area contributed by atoms with Gasteiger partial charge in [0.2, 0.25) is 0 Å². The van der Waals surface area contributed by atoms with Crippen molar-refractivity contribution in [2.75, 3.05) is 41.7 Å². The molecule has 0 heterocycles. The monoisotopic (exact) mass is 644 g/mol. The number of thiol groups is 4. The van der Waals surface area contributed by atoms with Crippen molar-refractivity contribution in [3.8, 4) is 23.0 Å². The fourth-order valence-corrected chi connectivity index (χ4v) is 2.98. The van der Waals surface area contributed by atoms with E-state index in [0.29, 0.717) is 32.2 Å². The van der Waals surface area contributed by atoms with E-state index in [4.69, 9.17) is 51.6 Å². The van der Waals surface area contributed by atoms with Gasteiger partial charge in [-0.05, 0) is 0 Å². The first-order chi connectivity index (χ1) is 16.2. The number of methoxy groups -OCH3 is 4. The van der Waals surface area contributed by atoms with E-state index in [1.54, 1.807) is 38.5 Å². The van der Waals surface area contributed by atoms with Crippen LogP contribution in [0.5, 0.6) is 23.0 Å². The van der Waals surface area contributed by atoms with Gasteiger partial charge in [0.15, 0.2) is 11.1 Å². The molecule has 0 aliphatic rings. The first-order valence-electron chi connectivity index (χ1n) is 9.62. The molecule has 0 aromatic heterocycles. The van der Waals surface area contributed by atoms with Crippen molar-refractivity contribution in [1.82, 2.24) is 0 Å². The Morgan fingerprint density at radius 2 is 1.00 bits per heavy atom. The molecule has 0 N–H and O–H groups in total. The third-order valence-electron chi connectivity index (χ3n) is 4.09. The minimum atomic E-state index is -0.490. The molecule has 0 aliphatic heterocycles. The molecule has 2 unspecified atom stereocenters. The predicted octanol–water partition coefficient (Wildman–Crippen LogP) is 5.96. The summed E-state index contributed by atoms with van der Waals surface area (Å²) in [5.74, 6) is 2.40. The molecular formula is C22H28Cl2NiO6S4. The van der Waals surface area contributed by atoms with Gasteiger partial charge in [-0.2, -0.15) is 23.3 Å². The van der Waals surface area contributed by atoms with Gasteiger partial charge < -0.3 is 28.4 Å². The number of hydrogen-bond acceptors (Lipinski definition) is 10. The number of hydrogen-bond donors (Lipinski definition) is 4. The Balaban J connectivity index is 0.000000642. The van der Waals surface area contributed by atoms with Crippen LogP contribution in [0.25, 0.3) is 0 Å². The van der Waals surface area contributed by atoms with Crippen LogP contribution in [0.15, 0.2) is 36.4 Å². The Morgan fingerprint density at radius 1 is 0.657 bits per heavy atom. The van der Waals surface area contributed by atoms with Crippen LogP contribution in [-0.2, 0) is 26.0 Å². The summed E-state index contributed by atoms with van der Waals surface area (Å²) in [6, 6.07) is 10.8. The molecule has 0 spiro atoms. The average Bonchev–Trinajstić information content (AvgIpc) is 2.85. The quantitative estimate of drug-likeness (QED) is 0.0989. The molecule has 0 bridgehead atoms. The molecule has 0 radical (unpaired) electrons. The standard InChI is InChI=1S/2C11H14ClO3S2.Ni/c2*1-13-9-5-7(11(16)17)3-4-8(9)15-6-10(12)14-2;/h2*3-5,10,16-17H,6H2,1-2H3;/q2*-1;+2. The van der Waals surface area contributed by atoms with E-state index in [2.05, 4.69) is 50.5 Å². The zero-order chi connectivity index (χ0) is 25.7. The number of benzene rings is 2. The van der Waals surface area contributed by atoms with E-state index in [1.807, 2.05) is 12.1 Å². The molecule has 200 valence electrons. The summed E-state index contributed by atoms with van der Waals surface area (Å²) in [4.78, 5) is 0. The Labute approximate surface area is 249 Å². The van der Waals surface area contributed by atoms with Gasteiger partial charge in [0.1, 0.15) is 36.2 Å². The van der Waals surface area contributed by atoms with Crippen molar-refractivity contribution in [3.05, 3.63) is 56.7 Å². The normalized spacial score (nSPS) is 11.7. The van der Waals surface area contributed by atoms with Crippen LogP contribution >= 0.6 is 73.7 Å². The Kier molecular flexibility index (Phi) is 18.8. The van der Waals surface area contributed by atoms with E-state index in [0.717, 1.165) is 11.1 Å². The van der Waals surface area contributed by atoms with Crippen LogP contribution in [0.2, 0.25) is 0 Å². The van der Waals surface area contributed by atoms with Gasteiger partial charge in [-0.3, -0.25) is 0 Å². The van der Waals surface area contributed by atoms with Crippen molar-refractivity contribution in [1.29, 1.82) is 0 Å². The Hall–Kier alpha value is -0.226. The molecule has 0 fully saturated rings. The van der Waals surface area contributed by atoms with Crippen molar-refractivity contribution in [3.63, 3.8) is 0 Å². The number of alkyl halides is 2. The van der Waals surface area contributed by atoms with Gasteiger partial charge in [-0.15, -0.1) is 12.1 Å². The van der Waals surface area contributed by atoms with Crippen LogP contribution in [0.3, 0.4) is 0 Å². The van der Waals surface area contributed by atoms with Gasteiger partial charge in [-0.25, -0.2) is 50.5 Å². The maximum Gasteiger partial charge on any atom is 2.00 e. The third kappa shape index (κ3) is 12.7. The molecule has 2 aromatic carbocycles. The maximum atomic E-state index is 5.78. The van der Waals surface area contributed by atoms with Crippen LogP contribution in [-0.4, -0.2) is 52.8 Å². The van der Waals surface area contributed by atoms with Crippen LogP contribution in [0, 0.1) is 9.16 Å². The zero-order valence-electron chi connectivity index (χ0n) is 19.3. The second kappa shape index (κ2) is 18.9. The first-order valence-corrected chi connectivity index (χ1v) is 12.3. The summed E-state index contributed by atoms with van der Waals surface area (Å²) in [7, 11) is 6.17. The number of halogens is 2. The molecule has 13 heteroatoms. The van der Waals surface area contributed by atoms with E-state index < -0.39 is 11.1 Å². The molecule has 35 heavy (non-hydrogen) atoms. The van der Waals surface area contributed by atoms with Crippen LogP contribution in [0.1, 0.15) is 11.1 Å². The van der Waals surface area contributed by atoms with E-state index in [-0.39, 0.29) is 29.7 Å². The topological polar surface area (TPSA) is 55.4 Å². The van der Waals surface area contributed by atoms with Gasteiger partial charge in [0.25, 0.3) is 0 Å². The van der Waals surface area contributed by atoms with Crippen LogP contribution in [0.4, 0.5) is 0 Å². The molecular weight excluding hydrogens is 618 g/mol. The summed E-state index contributed by atoms with van der Waals surface area (Å²) in [6.07, 6.45) is 0. The summed E-state index contributed by atoms with van der Waals surface area (Å²) in [5, 5.41) is 0. The molecule has 2 aromatic rings. The molecule has 0 aliphatic carbocycles. The predicted molar refractivity (Wildman–Crippen MR) is 151 cm³/mol. The van der Waals surface area contributed by atoms with Gasteiger partial charge in [0.05, 0.1) is 14.2 Å². The third-order valence-corrected chi connectivity index (χ3v) is 5.74. The second-order valence-corrected chi connectivity index (χ2v) is 9.76. The molecule has 6 nitrogen and oxygen atoms in total. The number of rotatable bonds is 12.